The Bertz CT molecular complexity index is 1020. The van der Waals surface area contributed by atoms with E-state index in [1.54, 1.807) is 0 Å². The Hall–Kier alpha value is -1.21. The van der Waals surface area contributed by atoms with Crippen LogP contribution in [0.3, 0.4) is 0 Å². The topological polar surface area (TPSA) is 34.1 Å². The van der Waals surface area contributed by atoms with Crippen LogP contribution in [0.5, 0.6) is 0 Å². The van der Waals surface area contributed by atoms with Gasteiger partial charge in [-0.2, -0.15) is 30.7 Å². The first-order valence-corrected chi connectivity index (χ1v) is 9.85. The lowest BCUT2D eigenvalue weighted by molar-refractivity contribution is -0.332. The molecule has 0 aliphatic rings. The molecule has 0 aromatic heterocycles. The van der Waals surface area contributed by atoms with Gasteiger partial charge >= 0.3 is 17.4 Å². The highest BCUT2D eigenvalue weighted by Crippen LogP contribution is 2.52. The number of sulfone groups is 1. The van der Waals surface area contributed by atoms with E-state index in [0.717, 1.165) is 18.2 Å². The third-order valence-corrected chi connectivity index (χ3v) is 6.27. The molecule has 0 fully saturated rings. The second-order valence-electron chi connectivity index (χ2n) is 5.27. The molecule has 0 N–H and O–H groups in total. The molecule has 13 heteroatoms. The number of hydrogen-bond acceptors (Lipinski definition) is 2. The molecule has 2 aromatic carbocycles. The smallest absolute Gasteiger partial charge is 0.217 e. The molecule has 2 aromatic rings. The van der Waals surface area contributed by atoms with Crippen LogP contribution in [0.25, 0.3) is 11.1 Å². The van der Waals surface area contributed by atoms with Crippen molar-refractivity contribution in [1.29, 1.82) is 0 Å². The first-order chi connectivity index (χ1) is 12.5. The molecule has 0 saturated carbocycles. The molecule has 0 amide bonds. The summed E-state index contributed by atoms with van der Waals surface area (Å²) in [5, 5.41) is -6.56. The second kappa shape index (κ2) is 7.24. The number of rotatable bonds is 4. The molecule has 0 aliphatic heterocycles. The van der Waals surface area contributed by atoms with Crippen molar-refractivity contribution in [2.24, 2.45) is 0 Å². The Morgan fingerprint density at radius 1 is 0.929 bits per heavy atom. The van der Waals surface area contributed by atoms with E-state index < -0.39 is 47.9 Å². The summed E-state index contributed by atoms with van der Waals surface area (Å²) in [6, 6.07) is 6.46. The summed E-state index contributed by atoms with van der Waals surface area (Å²) in [4.78, 5) is -1.58. The molecule has 2 nitrogen and oxygen atoms in total. The predicted molar refractivity (Wildman–Crippen MR) is 89.2 cm³/mol. The SMILES string of the molecule is O=S(=O)(c1cc(Br)[c]c(Br)c1-c1cccc(F)c1)C(F)(F)C(F)(F)C(F)(F)F. The lowest BCUT2D eigenvalue weighted by Gasteiger charge is -2.28. The summed E-state index contributed by atoms with van der Waals surface area (Å²) in [7, 11) is -6.62. The summed E-state index contributed by atoms with van der Waals surface area (Å²) in [5.41, 5.74) is -1.14. The molecule has 0 atom stereocenters. The van der Waals surface area contributed by atoms with Gasteiger partial charge in [-0.05, 0) is 39.7 Å². The van der Waals surface area contributed by atoms with Gasteiger partial charge in [0.25, 0.3) is 9.84 Å². The van der Waals surface area contributed by atoms with Crippen LogP contribution < -0.4 is 0 Å². The molecule has 28 heavy (non-hydrogen) atoms. The molecule has 0 unspecified atom stereocenters. The minimum absolute atomic E-state index is 0.343. The average Bonchev–Trinajstić information content (AvgIpc) is 2.52. The molecular formula is C15H5Br2F8O2S. The van der Waals surface area contributed by atoms with E-state index in [2.05, 4.69) is 37.9 Å². The van der Waals surface area contributed by atoms with Gasteiger partial charge in [0.2, 0.25) is 0 Å². The van der Waals surface area contributed by atoms with Crippen molar-refractivity contribution >= 4 is 41.7 Å². The maximum atomic E-state index is 14.0. The number of alkyl halides is 7. The molecule has 0 bridgehead atoms. The van der Waals surface area contributed by atoms with Crippen molar-refractivity contribution < 1.29 is 43.5 Å². The van der Waals surface area contributed by atoms with Gasteiger partial charge in [0.05, 0.1) is 4.90 Å². The third kappa shape index (κ3) is 3.67. The highest BCUT2D eigenvalue weighted by Gasteiger charge is 2.78. The van der Waals surface area contributed by atoms with Gasteiger partial charge in [-0.15, -0.1) is 0 Å². The summed E-state index contributed by atoms with van der Waals surface area (Å²) in [6.45, 7) is 0. The van der Waals surface area contributed by atoms with E-state index in [1.165, 1.54) is 0 Å². The summed E-state index contributed by atoms with van der Waals surface area (Å²) < 4.78 is 129. The Morgan fingerprint density at radius 2 is 1.50 bits per heavy atom. The molecule has 0 saturated heterocycles. The third-order valence-electron chi connectivity index (χ3n) is 3.41. The van der Waals surface area contributed by atoms with Crippen LogP contribution in [0.15, 0.2) is 44.2 Å². The lowest BCUT2D eigenvalue weighted by atomic mass is 10.1. The van der Waals surface area contributed by atoms with Crippen molar-refractivity contribution in [2.75, 3.05) is 0 Å². The van der Waals surface area contributed by atoms with Crippen molar-refractivity contribution in [1.82, 2.24) is 0 Å². The van der Waals surface area contributed by atoms with Crippen LogP contribution in [0.2, 0.25) is 0 Å². The Labute approximate surface area is 169 Å². The van der Waals surface area contributed by atoms with Crippen molar-refractivity contribution in [3.05, 3.63) is 51.2 Å². The minimum Gasteiger partial charge on any atom is -0.217 e. The largest absolute Gasteiger partial charge is 0.461 e. The zero-order valence-electron chi connectivity index (χ0n) is 12.9. The molecular weight excluding hydrogens is 556 g/mol. The normalized spacial score (nSPS) is 13.6. The van der Waals surface area contributed by atoms with E-state index in [0.29, 0.717) is 12.1 Å². The van der Waals surface area contributed by atoms with Crippen LogP contribution in [-0.2, 0) is 9.84 Å². The van der Waals surface area contributed by atoms with Crippen molar-refractivity contribution in [2.45, 2.75) is 22.2 Å². The summed E-state index contributed by atoms with van der Waals surface area (Å²) >= 11 is 5.49. The van der Waals surface area contributed by atoms with Crippen LogP contribution >= 0.6 is 31.9 Å². The molecule has 153 valence electrons. The monoisotopic (exact) mass is 559 g/mol. The highest BCUT2D eigenvalue weighted by molar-refractivity contribution is 9.11. The van der Waals surface area contributed by atoms with E-state index >= 15 is 0 Å². The van der Waals surface area contributed by atoms with E-state index in [1.807, 2.05) is 0 Å². The van der Waals surface area contributed by atoms with Gasteiger partial charge in [-0.1, -0.05) is 28.1 Å². The number of benzene rings is 2. The summed E-state index contributed by atoms with van der Waals surface area (Å²) in [5.74, 6) is -7.83. The Balaban J connectivity index is 2.87. The lowest BCUT2D eigenvalue weighted by Crippen LogP contribution is -2.56. The first-order valence-electron chi connectivity index (χ1n) is 6.78. The summed E-state index contributed by atoms with van der Waals surface area (Å²) in [6.07, 6.45) is -6.85. The van der Waals surface area contributed by atoms with E-state index in [9.17, 15) is 43.5 Å². The zero-order valence-corrected chi connectivity index (χ0v) is 16.9. The fourth-order valence-corrected chi connectivity index (χ4v) is 5.22. The van der Waals surface area contributed by atoms with Crippen molar-refractivity contribution in [3.63, 3.8) is 0 Å². The number of hydrogen-bond donors (Lipinski definition) is 0. The van der Waals surface area contributed by atoms with Crippen molar-refractivity contribution in [3.8, 4) is 11.1 Å². The quantitative estimate of drug-likeness (QED) is 0.407. The molecule has 1 radical (unpaired) electrons. The van der Waals surface area contributed by atoms with Crippen LogP contribution in [0.1, 0.15) is 0 Å². The van der Waals surface area contributed by atoms with Gasteiger partial charge in [-0.3, -0.25) is 0 Å². The van der Waals surface area contributed by atoms with Gasteiger partial charge in [0.1, 0.15) is 5.82 Å². The Morgan fingerprint density at radius 3 is 2.00 bits per heavy atom. The minimum atomic E-state index is -6.89. The Kier molecular flexibility index (Phi) is 5.97. The van der Waals surface area contributed by atoms with Crippen LogP contribution in [0.4, 0.5) is 35.1 Å². The van der Waals surface area contributed by atoms with Crippen LogP contribution in [-0.4, -0.2) is 25.8 Å². The van der Waals surface area contributed by atoms with Gasteiger partial charge in [-0.25, -0.2) is 12.8 Å². The fourth-order valence-electron chi connectivity index (χ4n) is 2.10. The maximum Gasteiger partial charge on any atom is 0.461 e. The van der Waals surface area contributed by atoms with E-state index in [4.69, 9.17) is 0 Å². The predicted octanol–water partition coefficient (Wildman–Crippen LogP) is 6.38. The van der Waals surface area contributed by atoms with Gasteiger partial charge < -0.3 is 0 Å². The van der Waals surface area contributed by atoms with Gasteiger partial charge in [0, 0.05) is 20.6 Å². The standard InChI is InChI=1S/C15H5Br2F8O2S/c16-8-5-10(17)12(7-2-1-3-9(18)4-7)11(6-8)28(26,27)15(24,25)13(19,20)14(21,22)23/h1-4,6H. The molecule has 0 spiro atoms. The van der Waals surface area contributed by atoms with Crippen LogP contribution in [0, 0.1) is 11.9 Å². The first kappa shape index (κ1) is 23.1. The molecule has 0 heterocycles. The fraction of sp³-hybridized carbons (Fsp3) is 0.200. The molecule has 0 aliphatic carbocycles. The van der Waals surface area contributed by atoms with Gasteiger partial charge in [0.15, 0.2) is 0 Å². The number of halogens is 10. The van der Waals surface area contributed by atoms with E-state index in [-0.39, 0.29) is 10.0 Å². The zero-order chi connectivity index (χ0) is 21.7. The highest BCUT2D eigenvalue weighted by atomic mass is 79.9. The average molecular weight is 561 g/mol. The maximum absolute atomic E-state index is 14.0. The second-order valence-corrected chi connectivity index (χ2v) is 8.88. The molecule has 2 rings (SSSR count).